The van der Waals surface area contributed by atoms with E-state index in [0.29, 0.717) is 18.8 Å². The molecule has 2 aromatic rings. The Morgan fingerprint density at radius 2 is 2.21 bits per heavy atom. The molecule has 1 amide bonds. The number of hydrogen-bond acceptors (Lipinski definition) is 5. The molecule has 0 unspecified atom stereocenters. The first kappa shape index (κ1) is 16.4. The number of carbonyl (C=O) groups excluding carboxylic acids is 1. The van der Waals surface area contributed by atoms with Gasteiger partial charge in [0.05, 0.1) is 11.8 Å². The summed E-state index contributed by atoms with van der Waals surface area (Å²) >= 11 is 0. The zero-order valence-corrected chi connectivity index (χ0v) is 14.2. The van der Waals surface area contributed by atoms with Crippen LogP contribution in [0.1, 0.15) is 21.9 Å². The summed E-state index contributed by atoms with van der Waals surface area (Å²) in [6.45, 7) is 3.17. The van der Waals surface area contributed by atoms with Crippen molar-refractivity contribution in [2.45, 2.75) is 19.4 Å². The molecule has 3 heterocycles. The van der Waals surface area contributed by atoms with E-state index in [9.17, 15) is 9.90 Å². The van der Waals surface area contributed by atoms with Crippen molar-refractivity contribution in [3.05, 3.63) is 41.3 Å². The second-order valence-corrected chi connectivity index (χ2v) is 6.56. The van der Waals surface area contributed by atoms with Crippen LogP contribution in [0.25, 0.3) is 0 Å². The number of aromatic nitrogens is 3. The van der Waals surface area contributed by atoms with Gasteiger partial charge in [-0.2, -0.15) is 5.10 Å². The molecule has 0 bridgehead atoms. The maximum Gasteiger partial charge on any atom is 0.272 e. The smallest absolute Gasteiger partial charge is 0.272 e. The number of nitrogens with one attached hydrogen (secondary N) is 1. The van der Waals surface area contributed by atoms with Crippen molar-refractivity contribution >= 4 is 11.7 Å². The second-order valence-electron chi connectivity index (χ2n) is 6.56. The minimum atomic E-state index is -0.433. The van der Waals surface area contributed by atoms with Crippen LogP contribution in [-0.2, 0) is 6.42 Å². The highest BCUT2D eigenvalue weighted by molar-refractivity contribution is 5.92. The van der Waals surface area contributed by atoms with Gasteiger partial charge in [-0.25, -0.2) is 4.98 Å². The second kappa shape index (κ2) is 6.60. The molecule has 2 atom stereocenters. The molecule has 128 valence electrons. The first-order valence-electron chi connectivity index (χ1n) is 8.06. The van der Waals surface area contributed by atoms with Gasteiger partial charge >= 0.3 is 0 Å². The fourth-order valence-electron chi connectivity index (χ4n) is 3.04. The molecule has 0 radical (unpaired) electrons. The van der Waals surface area contributed by atoms with Gasteiger partial charge in [-0.05, 0) is 31.5 Å². The summed E-state index contributed by atoms with van der Waals surface area (Å²) in [5.74, 6) is 0.699. The third-order valence-electron chi connectivity index (χ3n) is 4.32. The highest BCUT2D eigenvalue weighted by Crippen LogP contribution is 2.25. The number of aryl methyl sites for hydroxylation is 1. The predicted octanol–water partition coefficient (Wildman–Crippen LogP) is 0.855. The van der Waals surface area contributed by atoms with Gasteiger partial charge in [0.1, 0.15) is 11.5 Å². The Hall–Kier alpha value is -2.41. The molecule has 3 rings (SSSR count). The Labute approximate surface area is 141 Å². The van der Waals surface area contributed by atoms with Gasteiger partial charge in [0.2, 0.25) is 0 Å². The summed E-state index contributed by atoms with van der Waals surface area (Å²) in [5, 5.41) is 17.6. The van der Waals surface area contributed by atoms with Crippen molar-refractivity contribution < 1.29 is 9.90 Å². The van der Waals surface area contributed by atoms with E-state index in [1.54, 1.807) is 20.2 Å². The van der Waals surface area contributed by atoms with Crippen molar-refractivity contribution in [3.63, 3.8) is 0 Å². The van der Waals surface area contributed by atoms with Gasteiger partial charge in [0, 0.05) is 38.8 Å². The molecule has 0 saturated carbocycles. The molecule has 0 spiro atoms. The van der Waals surface area contributed by atoms with Crippen LogP contribution in [0.4, 0.5) is 5.82 Å². The molecule has 0 aromatic carbocycles. The zero-order chi connectivity index (χ0) is 17.3. The van der Waals surface area contributed by atoms with Gasteiger partial charge in [0.15, 0.2) is 0 Å². The van der Waals surface area contributed by atoms with E-state index in [-0.39, 0.29) is 11.8 Å². The number of amides is 1. The molecular formula is C17H23N5O2. The maximum absolute atomic E-state index is 12.1. The lowest BCUT2D eigenvalue weighted by Gasteiger charge is -2.18. The van der Waals surface area contributed by atoms with Crippen molar-refractivity contribution in [2.24, 2.45) is 5.92 Å². The lowest BCUT2D eigenvalue weighted by atomic mass is 10.0. The number of rotatable bonds is 4. The van der Waals surface area contributed by atoms with Gasteiger partial charge in [-0.1, -0.05) is 6.07 Å². The highest BCUT2D eigenvalue weighted by atomic mass is 16.3. The van der Waals surface area contributed by atoms with E-state index < -0.39 is 6.10 Å². The Balaban J connectivity index is 1.72. The van der Waals surface area contributed by atoms with E-state index in [4.69, 9.17) is 0 Å². The standard InChI is InChI=1S/C17H23N5O2/c1-11-7-13(20-19-11)8-12-9-22(10-15(12)23)16-6-4-5-14(18-16)17(24)21(2)3/h4-7,12,15,23H,8-10H2,1-3H3,(H,19,20)/t12-,15+/m1/s1. The molecule has 1 fully saturated rings. The van der Waals surface area contributed by atoms with Crippen LogP contribution in [0, 0.1) is 12.8 Å². The number of aliphatic hydroxyl groups is 1. The number of carbonyl (C=O) groups is 1. The monoisotopic (exact) mass is 329 g/mol. The molecule has 7 nitrogen and oxygen atoms in total. The summed E-state index contributed by atoms with van der Waals surface area (Å²) in [4.78, 5) is 20.1. The Morgan fingerprint density at radius 1 is 1.42 bits per heavy atom. The van der Waals surface area contributed by atoms with E-state index in [1.807, 2.05) is 30.0 Å². The Kier molecular flexibility index (Phi) is 4.53. The lowest BCUT2D eigenvalue weighted by molar-refractivity contribution is 0.0822. The first-order chi connectivity index (χ1) is 11.4. The van der Waals surface area contributed by atoms with Gasteiger partial charge < -0.3 is 14.9 Å². The van der Waals surface area contributed by atoms with Crippen molar-refractivity contribution in [3.8, 4) is 0 Å². The fourth-order valence-corrected chi connectivity index (χ4v) is 3.04. The summed E-state index contributed by atoms with van der Waals surface area (Å²) in [6, 6.07) is 7.42. The number of aliphatic hydroxyl groups excluding tert-OH is 1. The van der Waals surface area contributed by atoms with E-state index in [0.717, 1.165) is 23.6 Å². The molecule has 1 saturated heterocycles. The number of H-pyrrole nitrogens is 1. The number of nitrogens with zero attached hydrogens (tertiary/aromatic N) is 4. The van der Waals surface area contributed by atoms with Gasteiger partial charge in [-0.15, -0.1) is 0 Å². The van der Waals surface area contributed by atoms with Crippen LogP contribution < -0.4 is 4.90 Å². The topological polar surface area (TPSA) is 85.3 Å². The largest absolute Gasteiger partial charge is 0.391 e. The zero-order valence-electron chi connectivity index (χ0n) is 14.2. The van der Waals surface area contributed by atoms with Crippen LogP contribution in [0.5, 0.6) is 0 Å². The van der Waals surface area contributed by atoms with Crippen LogP contribution in [0.2, 0.25) is 0 Å². The van der Waals surface area contributed by atoms with Crippen LogP contribution >= 0.6 is 0 Å². The van der Waals surface area contributed by atoms with Crippen LogP contribution in [0.3, 0.4) is 0 Å². The molecule has 1 aliphatic heterocycles. The molecule has 2 aromatic heterocycles. The summed E-state index contributed by atoms with van der Waals surface area (Å²) in [7, 11) is 3.41. The fraction of sp³-hybridized carbons (Fsp3) is 0.471. The SMILES string of the molecule is Cc1cc(C[C@@H]2CN(c3cccc(C(=O)N(C)C)n3)C[C@@H]2O)n[nH]1. The predicted molar refractivity (Wildman–Crippen MR) is 91.0 cm³/mol. The highest BCUT2D eigenvalue weighted by Gasteiger charge is 2.32. The number of pyridine rings is 1. The van der Waals surface area contributed by atoms with Gasteiger partial charge in [-0.3, -0.25) is 9.89 Å². The molecule has 0 aliphatic carbocycles. The van der Waals surface area contributed by atoms with Gasteiger partial charge in [0.25, 0.3) is 5.91 Å². The number of hydrogen-bond donors (Lipinski definition) is 2. The minimum Gasteiger partial charge on any atom is -0.391 e. The normalized spacial score (nSPS) is 20.4. The lowest BCUT2D eigenvalue weighted by Crippen LogP contribution is -2.26. The summed E-state index contributed by atoms with van der Waals surface area (Å²) in [6.07, 6.45) is 0.287. The molecule has 1 aliphatic rings. The molecule has 2 N–H and O–H groups in total. The van der Waals surface area contributed by atoms with Crippen LogP contribution in [-0.4, -0.2) is 64.4 Å². The van der Waals surface area contributed by atoms with Crippen molar-refractivity contribution in [1.82, 2.24) is 20.1 Å². The summed E-state index contributed by atoms with van der Waals surface area (Å²) < 4.78 is 0. The summed E-state index contributed by atoms with van der Waals surface area (Å²) in [5.41, 5.74) is 2.40. The molecular weight excluding hydrogens is 306 g/mol. The quantitative estimate of drug-likeness (QED) is 0.869. The third kappa shape index (κ3) is 3.41. The average molecular weight is 329 g/mol. The third-order valence-corrected chi connectivity index (χ3v) is 4.32. The number of anilines is 1. The van der Waals surface area contributed by atoms with Crippen LogP contribution in [0.15, 0.2) is 24.3 Å². The molecule has 7 heteroatoms. The van der Waals surface area contributed by atoms with E-state index >= 15 is 0 Å². The molecule has 24 heavy (non-hydrogen) atoms. The first-order valence-corrected chi connectivity index (χ1v) is 8.06. The van der Waals surface area contributed by atoms with Crippen molar-refractivity contribution in [1.29, 1.82) is 0 Å². The maximum atomic E-state index is 12.1. The number of aromatic amines is 1. The van der Waals surface area contributed by atoms with E-state index in [2.05, 4.69) is 15.2 Å². The number of β-amino-alcohol motifs (C(OH)–C–C–N with tert-alkyl or cyclic N) is 1. The Morgan fingerprint density at radius 3 is 2.88 bits per heavy atom. The Bertz CT molecular complexity index is 727. The van der Waals surface area contributed by atoms with Crippen molar-refractivity contribution in [2.75, 3.05) is 32.1 Å². The minimum absolute atomic E-state index is 0.0997. The average Bonchev–Trinajstić information content (AvgIpc) is 3.13. The van der Waals surface area contributed by atoms with E-state index in [1.165, 1.54) is 4.90 Å².